The molecule has 0 aliphatic carbocycles. The van der Waals surface area contributed by atoms with Crippen molar-refractivity contribution in [2.75, 3.05) is 6.54 Å². The molecule has 3 rings (SSSR count). The third-order valence-electron chi connectivity index (χ3n) is 3.85. The monoisotopic (exact) mass is 360 g/mol. The number of rotatable bonds is 4. The minimum atomic E-state index is -0.536. The van der Waals surface area contributed by atoms with E-state index in [1.807, 2.05) is 31.2 Å². The quantitative estimate of drug-likeness (QED) is 0.456. The number of carbonyl (C=O) groups is 3. The van der Waals surface area contributed by atoms with Gasteiger partial charge < -0.3 is 5.32 Å². The molecular formula is C20H16N4O3. The fourth-order valence-electron chi connectivity index (χ4n) is 2.45. The zero-order chi connectivity index (χ0) is 19.2. The van der Waals surface area contributed by atoms with Gasteiger partial charge >= 0.3 is 0 Å². The van der Waals surface area contributed by atoms with Gasteiger partial charge in [0, 0.05) is 16.7 Å². The van der Waals surface area contributed by atoms with Crippen LogP contribution in [0.1, 0.15) is 15.9 Å². The zero-order valence-electron chi connectivity index (χ0n) is 14.5. The average molecular weight is 360 g/mol. The number of carbonyl (C=O) groups excluding carboxylic acids is 3. The van der Waals surface area contributed by atoms with Gasteiger partial charge in [-0.25, -0.2) is 10.4 Å². The predicted molar refractivity (Wildman–Crippen MR) is 99.3 cm³/mol. The molecular weight excluding hydrogens is 344 g/mol. The molecule has 0 saturated carbocycles. The van der Waals surface area contributed by atoms with Gasteiger partial charge in [0.25, 0.3) is 17.7 Å². The Bertz CT molecular complexity index is 1110. The summed E-state index contributed by atoms with van der Waals surface area (Å²) in [4.78, 5) is 39.7. The van der Waals surface area contributed by atoms with Crippen molar-refractivity contribution in [2.45, 2.75) is 6.92 Å². The summed E-state index contributed by atoms with van der Waals surface area (Å²) in [5, 5.41) is 7.50. The number of benzene rings is 2. The lowest BCUT2D eigenvalue weighted by Crippen LogP contribution is -2.35. The Hall–Kier alpha value is -3.83. The number of aryl methyl sites for hydroxylation is 1. The molecule has 0 unspecified atom stereocenters. The summed E-state index contributed by atoms with van der Waals surface area (Å²) < 4.78 is 0. The van der Waals surface area contributed by atoms with Crippen LogP contribution in [-0.4, -0.2) is 30.1 Å². The molecule has 0 saturated heterocycles. The number of nitrogens with one attached hydrogen (secondary N) is 2. The Balaban J connectivity index is 1.61. The van der Waals surface area contributed by atoms with E-state index in [-0.39, 0.29) is 18.0 Å². The minimum Gasteiger partial charge on any atom is -0.343 e. The predicted octanol–water partition coefficient (Wildman–Crippen LogP) is -0.00738. The maximum atomic E-state index is 12.0. The Kier molecular flexibility index (Phi) is 5.35. The fourth-order valence-corrected chi connectivity index (χ4v) is 2.45. The molecule has 0 aromatic heterocycles. The summed E-state index contributed by atoms with van der Waals surface area (Å²) >= 11 is 0. The SMILES string of the molecule is Cc1ccccc1C(=O)NCC(=O)NN=C=C1C=c2ccccc2=NC1=O. The van der Waals surface area contributed by atoms with Crippen LogP contribution in [0.15, 0.2) is 64.2 Å². The maximum absolute atomic E-state index is 12.0. The number of hydrazone groups is 1. The van der Waals surface area contributed by atoms with Gasteiger partial charge in [-0.3, -0.25) is 14.4 Å². The largest absolute Gasteiger partial charge is 0.343 e. The minimum absolute atomic E-state index is 0.137. The van der Waals surface area contributed by atoms with Crippen molar-refractivity contribution in [1.82, 2.24) is 10.7 Å². The molecule has 7 heteroatoms. The van der Waals surface area contributed by atoms with Crippen molar-refractivity contribution < 1.29 is 14.4 Å². The molecule has 27 heavy (non-hydrogen) atoms. The number of hydrogen-bond acceptors (Lipinski definition) is 4. The number of para-hydroxylation sites is 1. The maximum Gasteiger partial charge on any atom is 0.287 e. The van der Waals surface area contributed by atoms with E-state index in [9.17, 15) is 14.4 Å². The number of amides is 3. The Morgan fingerprint density at radius 1 is 1.11 bits per heavy atom. The molecule has 0 atom stereocenters. The summed E-state index contributed by atoms with van der Waals surface area (Å²) in [6.07, 6.45) is 1.60. The number of hydrogen-bond donors (Lipinski definition) is 2. The topological polar surface area (TPSA) is 100.0 Å². The van der Waals surface area contributed by atoms with Gasteiger partial charge in [-0.15, -0.1) is 5.10 Å². The van der Waals surface area contributed by atoms with E-state index < -0.39 is 11.8 Å². The average Bonchev–Trinajstić information content (AvgIpc) is 2.67. The van der Waals surface area contributed by atoms with Crippen molar-refractivity contribution in [1.29, 1.82) is 0 Å². The lowest BCUT2D eigenvalue weighted by atomic mass is 10.1. The van der Waals surface area contributed by atoms with Crippen LogP contribution in [0.3, 0.4) is 0 Å². The van der Waals surface area contributed by atoms with Crippen LogP contribution >= 0.6 is 0 Å². The van der Waals surface area contributed by atoms with E-state index in [0.29, 0.717) is 10.9 Å². The van der Waals surface area contributed by atoms with Crippen LogP contribution in [0.5, 0.6) is 0 Å². The van der Waals surface area contributed by atoms with Crippen LogP contribution in [0.2, 0.25) is 0 Å². The van der Waals surface area contributed by atoms with Crippen molar-refractivity contribution >= 4 is 29.7 Å². The standard InChI is InChI=1S/C20H16N4O3/c1-13-6-2-4-8-16(13)20(27)21-12-18(25)24-22-11-15-10-14-7-3-5-9-17(14)23-19(15)26/h2-10H,12H2,1H3,(H,21,27)(H,24,25). The molecule has 2 aromatic carbocycles. The van der Waals surface area contributed by atoms with Gasteiger partial charge in [-0.05, 0) is 30.7 Å². The van der Waals surface area contributed by atoms with Gasteiger partial charge in [-0.1, -0.05) is 36.4 Å². The molecule has 0 bridgehead atoms. The van der Waals surface area contributed by atoms with Gasteiger partial charge in [0.1, 0.15) is 5.57 Å². The first kappa shape index (κ1) is 18.0. The Labute approximate surface area is 154 Å². The first-order valence-corrected chi connectivity index (χ1v) is 8.20. The van der Waals surface area contributed by atoms with E-state index in [2.05, 4.69) is 26.7 Å². The highest BCUT2D eigenvalue weighted by Crippen LogP contribution is 2.06. The molecule has 1 aliphatic heterocycles. The van der Waals surface area contributed by atoms with Crippen molar-refractivity contribution in [3.8, 4) is 0 Å². The zero-order valence-corrected chi connectivity index (χ0v) is 14.5. The summed E-state index contributed by atoms with van der Waals surface area (Å²) in [6, 6.07) is 14.2. The van der Waals surface area contributed by atoms with E-state index in [0.717, 1.165) is 10.8 Å². The molecule has 134 valence electrons. The first-order valence-electron chi connectivity index (χ1n) is 8.20. The summed E-state index contributed by atoms with van der Waals surface area (Å²) in [6.45, 7) is 1.56. The van der Waals surface area contributed by atoms with Gasteiger partial charge in [0.15, 0.2) is 0 Å². The molecule has 0 spiro atoms. The summed E-state index contributed by atoms with van der Waals surface area (Å²) in [5.74, 6) is 1.10. The van der Waals surface area contributed by atoms with Gasteiger partial charge in [0.05, 0.1) is 11.9 Å². The third kappa shape index (κ3) is 4.42. The third-order valence-corrected chi connectivity index (χ3v) is 3.85. The molecule has 1 heterocycles. The van der Waals surface area contributed by atoms with Crippen LogP contribution < -0.4 is 21.3 Å². The normalized spacial score (nSPS) is 12.0. The second-order valence-electron chi connectivity index (χ2n) is 5.79. The van der Waals surface area contributed by atoms with E-state index in [1.165, 1.54) is 0 Å². The first-order chi connectivity index (χ1) is 13.0. The summed E-state index contributed by atoms with van der Waals surface area (Å²) in [5.41, 5.74) is 3.67. The highest BCUT2D eigenvalue weighted by molar-refractivity contribution is 6.10. The molecule has 0 radical (unpaired) electrons. The number of nitrogens with zero attached hydrogens (tertiary/aromatic N) is 2. The lowest BCUT2D eigenvalue weighted by Gasteiger charge is -2.06. The van der Waals surface area contributed by atoms with Crippen LogP contribution in [0.4, 0.5) is 0 Å². The highest BCUT2D eigenvalue weighted by atomic mass is 16.2. The molecule has 1 aliphatic rings. The highest BCUT2D eigenvalue weighted by Gasteiger charge is 2.11. The molecule has 0 fully saturated rings. The van der Waals surface area contributed by atoms with E-state index in [4.69, 9.17) is 0 Å². The van der Waals surface area contributed by atoms with Crippen molar-refractivity contribution in [2.24, 2.45) is 10.1 Å². The van der Waals surface area contributed by atoms with E-state index in [1.54, 1.807) is 30.3 Å². The molecule has 2 N–H and O–H groups in total. The molecule has 2 aromatic rings. The molecule has 3 amide bonds. The van der Waals surface area contributed by atoms with Crippen molar-refractivity contribution in [3.05, 3.63) is 75.8 Å². The van der Waals surface area contributed by atoms with Gasteiger partial charge in [0.2, 0.25) is 0 Å². The second-order valence-corrected chi connectivity index (χ2v) is 5.79. The van der Waals surface area contributed by atoms with E-state index >= 15 is 0 Å². The van der Waals surface area contributed by atoms with Crippen LogP contribution in [0.25, 0.3) is 6.08 Å². The number of fused-ring (bicyclic) bond motifs is 1. The van der Waals surface area contributed by atoms with Crippen molar-refractivity contribution in [3.63, 3.8) is 0 Å². The van der Waals surface area contributed by atoms with Gasteiger partial charge in [-0.2, -0.15) is 0 Å². The smallest absolute Gasteiger partial charge is 0.287 e. The Morgan fingerprint density at radius 3 is 2.67 bits per heavy atom. The van der Waals surface area contributed by atoms with Crippen LogP contribution in [0, 0.1) is 6.92 Å². The van der Waals surface area contributed by atoms with Crippen LogP contribution in [-0.2, 0) is 9.59 Å². The molecule has 7 nitrogen and oxygen atoms in total. The Morgan fingerprint density at radius 2 is 1.85 bits per heavy atom. The second kappa shape index (κ2) is 8.03. The lowest BCUT2D eigenvalue weighted by molar-refractivity contribution is -0.120. The fraction of sp³-hybridized carbons (Fsp3) is 0.100. The summed E-state index contributed by atoms with van der Waals surface area (Å²) in [7, 11) is 0.